The van der Waals surface area contributed by atoms with Crippen molar-refractivity contribution in [2.75, 3.05) is 5.32 Å². The summed E-state index contributed by atoms with van der Waals surface area (Å²) in [4.78, 5) is 12.7. The zero-order valence-corrected chi connectivity index (χ0v) is 15.1. The second-order valence-electron chi connectivity index (χ2n) is 6.25. The molecule has 132 valence electrons. The summed E-state index contributed by atoms with van der Waals surface area (Å²) < 4.78 is 13.3. The number of Topliss-reactive ketones (excluding diaryl/α,β-unsaturated/α-hetero) is 1. The number of nitrogens with one attached hydrogen (secondary N) is 1. The van der Waals surface area contributed by atoms with Crippen LogP contribution in [0.3, 0.4) is 0 Å². The number of carbonyl (C=O) groups excluding carboxylic acids is 1. The Labute approximate surface area is 157 Å². The lowest BCUT2D eigenvalue weighted by Crippen LogP contribution is -2.16. The Morgan fingerprint density at radius 2 is 1.58 bits per heavy atom. The SMILES string of the molecule is Cc1ccc(N[C@H](CC(=O)c2ccc(Cl)cc2)c2ccc(F)cc2)cc1. The largest absolute Gasteiger partial charge is 0.378 e. The van der Waals surface area contributed by atoms with E-state index in [1.54, 1.807) is 36.4 Å². The second kappa shape index (κ2) is 8.15. The zero-order chi connectivity index (χ0) is 18.5. The Morgan fingerprint density at radius 3 is 2.19 bits per heavy atom. The van der Waals surface area contributed by atoms with Gasteiger partial charge in [0.15, 0.2) is 5.78 Å². The molecular weight excluding hydrogens is 349 g/mol. The van der Waals surface area contributed by atoms with Gasteiger partial charge in [-0.15, -0.1) is 0 Å². The number of aryl methyl sites for hydroxylation is 1. The predicted octanol–water partition coefficient (Wildman–Crippen LogP) is 6.21. The maximum Gasteiger partial charge on any atom is 0.165 e. The van der Waals surface area contributed by atoms with Crippen LogP contribution in [0.2, 0.25) is 5.02 Å². The molecule has 0 saturated carbocycles. The van der Waals surface area contributed by atoms with Crippen LogP contribution >= 0.6 is 11.6 Å². The summed E-state index contributed by atoms with van der Waals surface area (Å²) in [6.45, 7) is 2.02. The Kier molecular flexibility index (Phi) is 5.69. The van der Waals surface area contributed by atoms with E-state index in [0.29, 0.717) is 10.6 Å². The third-order valence-corrected chi connectivity index (χ3v) is 4.47. The van der Waals surface area contributed by atoms with Crippen LogP contribution in [0.25, 0.3) is 0 Å². The van der Waals surface area contributed by atoms with E-state index in [9.17, 15) is 9.18 Å². The van der Waals surface area contributed by atoms with Crippen molar-refractivity contribution in [3.05, 3.63) is 100 Å². The average Bonchev–Trinajstić information content (AvgIpc) is 2.64. The van der Waals surface area contributed by atoms with Gasteiger partial charge in [0.2, 0.25) is 0 Å². The van der Waals surface area contributed by atoms with Gasteiger partial charge in [-0.3, -0.25) is 4.79 Å². The van der Waals surface area contributed by atoms with E-state index in [1.807, 2.05) is 31.2 Å². The van der Waals surface area contributed by atoms with Crippen molar-refractivity contribution < 1.29 is 9.18 Å². The second-order valence-corrected chi connectivity index (χ2v) is 6.69. The van der Waals surface area contributed by atoms with Crippen molar-refractivity contribution in [3.63, 3.8) is 0 Å². The van der Waals surface area contributed by atoms with Crippen LogP contribution in [0, 0.1) is 12.7 Å². The Bertz CT molecular complexity index is 874. The van der Waals surface area contributed by atoms with Crippen LogP contribution in [-0.4, -0.2) is 5.78 Å². The molecule has 4 heteroatoms. The molecule has 0 amide bonds. The van der Waals surface area contributed by atoms with Crippen molar-refractivity contribution >= 4 is 23.1 Å². The molecule has 0 aromatic heterocycles. The number of rotatable bonds is 6. The number of ketones is 1. The summed E-state index contributed by atoms with van der Waals surface area (Å²) in [5, 5.41) is 3.98. The van der Waals surface area contributed by atoms with E-state index in [0.717, 1.165) is 16.8 Å². The fraction of sp³-hybridized carbons (Fsp3) is 0.136. The van der Waals surface area contributed by atoms with Gasteiger partial charge in [-0.05, 0) is 61.0 Å². The fourth-order valence-corrected chi connectivity index (χ4v) is 2.86. The molecule has 0 fully saturated rings. The minimum Gasteiger partial charge on any atom is -0.378 e. The van der Waals surface area contributed by atoms with Gasteiger partial charge in [-0.25, -0.2) is 4.39 Å². The predicted molar refractivity (Wildman–Crippen MR) is 104 cm³/mol. The molecule has 26 heavy (non-hydrogen) atoms. The lowest BCUT2D eigenvalue weighted by molar-refractivity contribution is 0.0976. The standard InChI is InChI=1S/C22H19ClFNO/c1-15-2-12-20(13-3-15)25-21(16-6-10-19(24)11-7-16)14-22(26)17-4-8-18(23)9-5-17/h2-13,21,25H,14H2,1H3/t21-/m1/s1. The Morgan fingerprint density at radius 1 is 0.962 bits per heavy atom. The van der Waals surface area contributed by atoms with Crippen LogP contribution < -0.4 is 5.32 Å². The van der Waals surface area contributed by atoms with Crippen LogP contribution in [0.4, 0.5) is 10.1 Å². The number of hydrogen-bond donors (Lipinski definition) is 1. The minimum atomic E-state index is -0.299. The van der Waals surface area contributed by atoms with E-state index in [-0.39, 0.29) is 24.1 Å². The number of carbonyl (C=O) groups is 1. The monoisotopic (exact) mass is 367 g/mol. The number of hydrogen-bond acceptors (Lipinski definition) is 2. The summed E-state index contributed by atoms with van der Waals surface area (Å²) in [6, 6.07) is 20.8. The summed E-state index contributed by atoms with van der Waals surface area (Å²) >= 11 is 5.89. The average molecular weight is 368 g/mol. The molecule has 3 aromatic rings. The first-order chi connectivity index (χ1) is 12.5. The van der Waals surface area contributed by atoms with Gasteiger partial charge in [0, 0.05) is 22.7 Å². The molecular formula is C22H19ClFNO. The van der Waals surface area contributed by atoms with Crippen LogP contribution in [-0.2, 0) is 0 Å². The van der Waals surface area contributed by atoms with Gasteiger partial charge in [0.25, 0.3) is 0 Å². The van der Waals surface area contributed by atoms with Crippen LogP contribution in [0.1, 0.15) is 33.9 Å². The van der Waals surface area contributed by atoms with Crippen LogP contribution in [0.5, 0.6) is 0 Å². The van der Waals surface area contributed by atoms with E-state index < -0.39 is 0 Å². The molecule has 0 radical (unpaired) electrons. The van der Waals surface area contributed by atoms with E-state index >= 15 is 0 Å². The van der Waals surface area contributed by atoms with Gasteiger partial charge in [-0.2, -0.15) is 0 Å². The molecule has 3 rings (SSSR count). The molecule has 0 unspecified atom stereocenters. The molecule has 0 saturated heterocycles. The first-order valence-corrected chi connectivity index (χ1v) is 8.76. The maximum atomic E-state index is 13.3. The molecule has 2 nitrogen and oxygen atoms in total. The van der Waals surface area contributed by atoms with Gasteiger partial charge in [0.1, 0.15) is 5.82 Å². The molecule has 0 heterocycles. The summed E-state index contributed by atoms with van der Waals surface area (Å²) in [7, 11) is 0. The Balaban J connectivity index is 1.84. The quantitative estimate of drug-likeness (QED) is 0.524. The first-order valence-electron chi connectivity index (χ1n) is 8.39. The third-order valence-electron chi connectivity index (χ3n) is 4.22. The maximum absolute atomic E-state index is 13.3. The number of anilines is 1. The lowest BCUT2D eigenvalue weighted by Gasteiger charge is -2.20. The highest BCUT2D eigenvalue weighted by molar-refractivity contribution is 6.30. The van der Waals surface area contributed by atoms with Crippen molar-refractivity contribution in [1.82, 2.24) is 0 Å². The molecule has 0 spiro atoms. The molecule has 1 atom stereocenters. The lowest BCUT2D eigenvalue weighted by atomic mass is 9.97. The number of halogens is 2. The van der Waals surface area contributed by atoms with Gasteiger partial charge < -0.3 is 5.32 Å². The fourth-order valence-electron chi connectivity index (χ4n) is 2.74. The number of benzene rings is 3. The molecule has 0 aliphatic heterocycles. The first kappa shape index (κ1) is 18.2. The minimum absolute atomic E-state index is 0.00407. The third kappa shape index (κ3) is 4.70. The topological polar surface area (TPSA) is 29.1 Å². The molecule has 0 bridgehead atoms. The highest BCUT2D eigenvalue weighted by Crippen LogP contribution is 2.25. The van der Waals surface area contributed by atoms with E-state index in [1.165, 1.54) is 12.1 Å². The van der Waals surface area contributed by atoms with E-state index in [2.05, 4.69) is 5.32 Å². The summed E-state index contributed by atoms with van der Waals surface area (Å²) in [5.74, 6) is -0.303. The van der Waals surface area contributed by atoms with Crippen molar-refractivity contribution in [2.24, 2.45) is 0 Å². The molecule has 0 aliphatic carbocycles. The van der Waals surface area contributed by atoms with Crippen molar-refractivity contribution in [1.29, 1.82) is 0 Å². The Hall–Kier alpha value is -2.65. The highest BCUT2D eigenvalue weighted by atomic mass is 35.5. The molecule has 1 N–H and O–H groups in total. The van der Waals surface area contributed by atoms with Crippen molar-refractivity contribution in [3.8, 4) is 0 Å². The van der Waals surface area contributed by atoms with Crippen LogP contribution in [0.15, 0.2) is 72.8 Å². The normalized spacial score (nSPS) is 11.8. The van der Waals surface area contributed by atoms with E-state index in [4.69, 9.17) is 11.6 Å². The van der Waals surface area contributed by atoms with Gasteiger partial charge in [0.05, 0.1) is 6.04 Å². The smallest absolute Gasteiger partial charge is 0.165 e. The molecule has 3 aromatic carbocycles. The zero-order valence-electron chi connectivity index (χ0n) is 14.4. The van der Waals surface area contributed by atoms with Gasteiger partial charge in [-0.1, -0.05) is 41.4 Å². The summed E-state index contributed by atoms with van der Waals surface area (Å²) in [5.41, 5.74) is 3.53. The van der Waals surface area contributed by atoms with Crippen molar-refractivity contribution in [2.45, 2.75) is 19.4 Å². The summed E-state index contributed by atoms with van der Waals surface area (Å²) in [6.07, 6.45) is 0.251. The van der Waals surface area contributed by atoms with Gasteiger partial charge >= 0.3 is 0 Å². The highest BCUT2D eigenvalue weighted by Gasteiger charge is 2.17. The molecule has 0 aliphatic rings.